The molecule has 4 aromatic rings. The standard InChI is InChI=1S/C24H25N2O/c1-15-10-12-19-20-13-11-16(2)25-24(20)27-23(19)21(15)22-18(9-6-14-26(22)3)17-7-4-5-8-17/h6,9-14,17H,4-5,7-8H2,1-3H3/q+1/i17D. The van der Waals surface area contributed by atoms with Crippen molar-refractivity contribution in [3.8, 4) is 11.3 Å². The molecule has 3 heteroatoms. The van der Waals surface area contributed by atoms with Crippen LogP contribution in [0.15, 0.2) is 47.0 Å². The van der Waals surface area contributed by atoms with E-state index in [1.165, 1.54) is 0 Å². The summed E-state index contributed by atoms with van der Waals surface area (Å²) >= 11 is 0. The molecular formula is C24H25N2O+. The molecule has 5 rings (SSSR count). The van der Waals surface area contributed by atoms with Crippen LogP contribution in [0.2, 0.25) is 0 Å². The normalized spacial score (nSPS) is 16.9. The SMILES string of the molecule is [2H]C1(c2ccc[n+](C)c2-c2c(C)ccc3c2oc2nc(C)ccc23)CCCC1. The summed E-state index contributed by atoms with van der Waals surface area (Å²) in [6, 6.07) is 12.6. The number of hydrogen-bond donors (Lipinski definition) is 0. The number of aryl methyl sites for hydroxylation is 3. The van der Waals surface area contributed by atoms with Crippen LogP contribution in [-0.4, -0.2) is 4.98 Å². The van der Waals surface area contributed by atoms with E-state index in [1.54, 1.807) is 0 Å². The van der Waals surface area contributed by atoms with Gasteiger partial charge in [-0.05, 0) is 56.3 Å². The number of benzene rings is 1. The number of nitrogens with zero attached hydrogens (tertiary/aromatic N) is 2. The quantitative estimate of drug-likeness (QED) is 0.427. The number of furan rings is 1. The molecule has 0 radical (unpaired) electrons. The van der Waals surface area contributed by atoms with Crippen LogP contribution in [0.25, 0.3) is 33.3 Å². The molecule has 3 nitrogen and oxygen atoms in total. The van der Waals surface area contributed by atoms with Crippen LogP contribution in [0.4, 0.5) is 0 Å². The van der Waals surface area contributed by atoms with E-state index in [4.69, 9.17) is 5.79 Å². The highest BCUT2D eigenvalue weighted by molar-refractivity contribution is 6.09. The van der Waals surface area contributed by atoms with E-state index in [-0.39, 0.29) is 0 Å². The van der Waals surface area contributed by atoms with Gasteiger partial charge in [0.1, 0.15) is 7.05 Å². The maximum atomic E-state index is 9.17. The van der Waals surface area contributed by atoms with Crippen molar-refractivity contribution in [2.75, 3.05) is 0 Å². The Labute approximate surface area is 161 Å². The van der Waals surface area contributed by atoms with Crippen LogP contribution in [0.1, 0.15) is 49.8 Å². The summed E-state index contributed by atoms with van der Waals surface area (Å²) in [6.45, 7) is 4.11. The molecule has 1 saturated carbocycles. The zero-order valence-corrected chi connectivity index (χ0v) is 16.2. The molecule has 1 fully saturated rings. The molecule has 136 valence electrons. The second kappa shape index (κ2) is 6.19. The van der Waals surface area contributed by atoms with E-state index in [1.807, 2.05) is 13.0 Å². The lowest BCUT2D eigenvalue weighted by Crippen LogP contribution is -2.32. The van der Waals surface area contributed by atoms with Gasteiger partial charge in [-0.1, -0.05) is 25.0 Å². The monoisotopic (exact) mass is 358 g/mol. The van der Waals surface area contributed by atoms with Gasteiger partial charge in [-0.3, -0.25) is 0 Å². The lowest BCUT2D eigenvalue weighted by atomic mass is 9.90. The number of fused-ring (bicyclic) bond motifs is 3. The summed E-state index contributed by atoms with van der Waals surface area (Å²) < 4.78 is 17.6. The van der Waals surface area contributed by atoms with E-state index in [0.29, 0.717) is 5.71 Å². The minimum absolute atomic E-state index is 0.524. The van der Waals surface area contributed by atoms with Gasteiger partial charge in [0.25, 0.3) is 0 Å². The average molecular weight is 358 g/mol. The van der Waals surface area contributed by atoms with Crippen molar-refractivity contribution in [2.45, 2.75) is 45.4 Å². The van der Waals surface area contributed by atoms with Crippen LogP contribution in [-0.2, 0) is 7.05 Å². The predicted octanol–water partition coefficient (Wildman–Crippen LogP) is 5.75. The Hall–Kier alpha value is -2.68. The molecule has 1 aromatic carbocycles. The van der Waals surface area contributed by atoms with Crippen LogP contribution < -0.4 is 4.57 Å². The van der Waals surface area contributed by atoms with Crippen LogP contribution in [0, 0.1) is 13.8 Å². The Morgan fingerprint density at radius 3 is 2.67 bits per heavy atom. The van der Waals surface area contributed by atoms with Gasteiger partial charge in [-0.15, -0.1) is 0 Å². The fourth-order valence-corrected chi connectivity index (χ4v) is 4.49. The van der Waals surface area contributed by atoms with Gasteiger partial charge < -0.3 is 4.42 Å². The third-order valence-corrected chi connectivity index (χ3v) is 5.86. The second-order valence-electron chi connectivity index (χ2n) is 7.73. The highest BCUT2D eigenvalue weighted by Crippen LogP contribution is 2.42. The first-order valence-corrected chi connectivity index (χ1v) is 9.77. The molecule has 0 saturated heterocycles. The minimum atomic E-state index is -0.524. The third-order valence-electron chi connectivity index (χ3n) is 5.86. The van der Waals surface area contributed by atoms with Crippen molar-refractivity contribution in [3.63, 3.8) is 0 Å². The first-order chi connectivity index (χ1) is 13.5. The molecular weight excluding hydrogens is 332 g/mol. The first-order valence-electron chi connectivity index (χ1n) is 10.3. The molecule has 27 heavy (non-hydrogen) atoms. The fraction of sp³-hybridized carbons (Fsp3) is 0.333. The van der Waals surface area contributed by atoms with Crippen molar-refractivity contribution in [1.82, 2.24) is 4.98 Å². The van der Waals surface area contributed by atoms with Gasteiger partial charge in [0.15, 0.2) is 11.8 Å². The Bertz CT molecular complexity index is 1220. The summed E-state index contributed by atoms with van der Waals surface area (Å²) in [5.74, 6) is -0.524. The summed E-state index contributed by atoms with van der Waals surface area (Å²) in [4.78, 5) is 4.60. The first kappa shape index (κ1) is 15.4. The number of pyridine rings is 2. The maximum absolute atomic E-state index is 9.17. The average Bonchev–Trinajstić information content (AvgIpc) is 3.26. The Morgan fingerprint density at radius 1 is 1.07 bits per heavy atom. The number of aromatic nitrogens is 2. The van der Waals surface area contributed by atoms with Crippen molar-refractivity contribution >= 4 is 22.1 Å². The van der Waals surface area contributed by atoms with Crippen LogP contribution in [0.5, 0.6) is 0 Å². The smallest absolute Gasteiger partial charge is 0.227 e. The van der Waals surface area contributed by atoms with Gasteiger partial charge in [-0.25, -0.2) is 9.55 Å². The van der Waals surface area contributed by atoms with Gasteiger partial charge in [0.2, 0.25) is 11.4 Å². The number of hydrogen-bond acceptors (Lipinski definition) is 2. The van der Waals surface area contributed by atoms with Gasteiger partial charge in [0, 0.05) is 29.5 Å². The zero-order valence-electron chi connectivity index (χ0n) is 17.2. The molecule has 0 unspecified atom stereocenters. The lowest BCUT2D eigenvalue weighted by Gasteiger charge is -2.14. The minimum Gasteiger partial charge on any atom is -0.437 e. The van der Waals surface area contributed by atoms with Crippen LogP contribution in [0.3, 0.4) is 0 Å². The molecule has 0 amide bonds. The molecule has 3 aromatic heterocycles. The molecule has 1 aliphatic rings. The maximum Gasteiger partial charge on any atom is 0.227 e. The van der Waals surface area contributed by atoms with Crippen molar-refractivity contribution in [2.24, 2.45) is 7.05 Å². The highest BCUT2D eigenvalue weighted by Gasteiger charge is 2.29. The van der Waals surface area contributed by atoms with Crippen molar-refractivity contribution in [3.05, 3.63) is 59.4 Å². The third kappa shape index (κ3) is 2.56. The summed E-state index contributed by atoms with van der Waals surface area (Å²) in [7, 11) is 2.07. The van der Waals surface area contributed by atoms with E-state index in [9.17, 15) is 0 Å². The molecule has 0 spiro atoms. The Kier molecular flexibility index (Phi) is 3.53. The van der Waals surface area contributed by atoms with E-state index in [2.05, 4.69) is 60.1 Å². The van der Waals surface area contributed by atoms with Crippen LogP contribution >= 0.6 is 0 Å². The van der Waals surface area contributed by atoms with E-state index < -0.39 is 5.89 Å². The number of rotatable bonds is 2. The largest absolute Gasteiger partial charge is 0.437 e. The topological polar surface area (TPSA) is 29.9 Å². The fourth-order valence-electron chi connectivity index (χ4n) is 4.49. The van der Waals surface area contributed by atoms with Gasteiger partial charge in [-0.2, -0.15) is 0 Å². The predicted molar refractivity (Wildman–Crippen MR) is 109 cm³/mol. The Balaban J connectivity index is 1.88. The highest BCUT2D eigenvalue weighted by atomic mass is 16.3. The van der Waals surface area contributed by atoms with Gasteiger partial charge in [0.05, 0.1) is 5.56 Å². The van der Waals surface area contributed by atoms with Crippen molar-refractivity contribution in [1.29, 1.82) is 0 Å². The second-order valence-corrected chi connectivity index (χ2v) is 7.73. The summed E-state index contributed by atoms with van der Waals surface area (Å²) in [6.07, 6.45) is 6.15. The molecule has 0 bridgehead atoms. The van der Waals surface area contributed by atoms with Gasteiger partial charge >= 0.3 is 0 Å². The van der Waals surface area contributed by atoms with E-state index in [0.717, 1.165) is 70.1 Å². The molecule has 0 aliphatic heterocycles. The van der Waals surface area contributed by atoms with E-state index >= 15 is 0 Å². The summed E-state index contributed by atoms with van der Waals surface area (Å²) in [5, 5.41) is 2.13. The molecule has 1 aliphatic carbocycles. The molecule has 3 heterocycles. The molecule has 0 N–H and O–H groups in total. The molecule has 0 atom stereocenters. The zero-order chi connectivity index (χ0) is 19.5. The Morgan fingerprint density at radius 2 is 1.85 bits per heavy atom. The lowest BCUT2D eigenvalue weighted by molar-refractivity contribution is -0.660. The van der Waals surface area contributed by atoms with Crippen molar-refractivity contribution < 1.29 is 10.4 Å². The summed E-state index contributed by atoms with van der Waals surface area (Å²) in [5.41, 5.74) is 6.96.